The maximum absolute atomic E-state index is 13.5. The number of hydrogen-bond acceptors (Lipinski definition) is 2. The Bertz CT molecular complexity index is 1030. The van der Waals surface area contributed by atoms with Crippen molar-refractivity contribution < 1.29 is 9.53 Å². The van der Waals surface area contributed by atoms with Crippen molar-refractivity contribution in [3.8, 4) is 5.75 Å². The van der Waals surface area contributed by atoms with Crippen LogP contribution < -0.4 is 10.1 Å². The van der Waals surface area contributed by atoms with Gasteiger partial charge in [-0.15, -0.1) is 0 Å². The molecule has 140 valence electrons. The van der Waals surface area contributed by atoms with Crippen molar-refractivity contribution in [2.45, 2.75) is 25.2 Å². The maximum Gasteiger partial charge on any atom is 0.231 e. The highest BCUT2D eigenvalue weighted by atomic mass is 16.5. The predicted octanol–water partition coefficient (Wildman–Crippen LogP) is 5.32. The van der Waals surface area contributed by atoms with Gasteiger partial charge in [0, 0.05) is 23.6 Å². The van der Waals surface area contributed by atoms with E-state index < -0.39 is 5.41 Å². The Balaban J connectivity index is 1.58. The Morgan fingerprint density at radius 2 is 1.54 bits per heavy atom. The number of methoxy groups -OCH3 is 1. The molecule has 3 aromatic carbocycles. The summed E-state index contributed by atoms with van der Waals surface area (Å²) in [5, 5.41) is 3.15. The van der Waals surface area contributed by atoms with Gasteiger partial charge in [0.1, 0.15) is 5.75 Å². The summed E-state index contributed by atoms with van der Waals surface area (Å²) >= 11 is 0. The zero-order valence-electron chi connectivity index (χ0n) is 16.1. The largest absolute Gasteiger partial charge is 0.497 e. The van der Waals surface area contributed by atoms with Gasteiger partial charge < -0.3 is 10.1 Å². The molecule has 0 aliphatic heterocycles. The fraction of sp³-hybridized carbons (Fsp3) is 0.240. The van der Waals surface area contributed by atoms with Crippen molar-refractivity contribution in [2.75, 3.05) is 12.4 Å². The summed E-state index contributed by atoms with van der Waals surface area (Å²) in [5.74, 6) is 1.14. The summed E-state index contributed by atoms with van der Waals surface area (Å²) in [5.41, 5.74) is 5.60. The zero-order chi connectivity index (χ0) is 19.3. The average molecular weight is 369 g/mol. The Labute approximate surface area is 165 Å². The van der Waals surface area contributed by atoms with E-state index in [9.17, 15) is 4.79 Å². The van der Waals surface area contributed by atoms with Crippen molar-refractivity contribution in [1.29, 1.82) is 0 Å². The van der Waals surface area contributed by atoms with E-state index in [1.807, 2.05) is 24.3 Å². The van der Waals surface area contributed by atoms with Gasteiger partial charge in [0.05, 0.1) is 12.5 Å². The quantitative estimate of drug-likeness (QED) is 0.678. The van der Waals surface area contributed by atoms with Gasteiger partial charge in [-0.3, -0.25) is 4.79 Å². The third kappa shape index (κ3) is 2.39. The van der Waals surface area contributed by atoms with Gasteiger partial charge in [-0.25, -0.2) is 0 Å². The van der Waals surface area contributed by atoms with E-state index in [0.29, 0.717) is 0 Å². The van der Waals surface area contributed by atoms with Gasteiger partial charge in [0.2, 0.25) is 5.91 Å². The molecule has 3 aliphatic carbocycles. The van der Waals surface area contributed by atoms with Crippen LogP contribution in [0.25, 0.3) is 0 Å². The number of rotatable bonds is 3. The highest BCUT2D eigenvalue weighted by Crippen LogP contribution is 2.61. The first-order valence-electron chi connectivity index (χ1n) is 9.75. The molecule has 1 N–H and O–H groups in total. The molecule has 1 atom stereocenters. The lowest BCUT2D eigenvalue weighted by Crippen LogP contribution is -2.47. The number of carbonyl (C=O) groups is 1. The summed E-state index contributed by atoms with van der Waals surface area (Å²) in [6.45, 7) is 2.12. The lowest BCUT2D eigenvalue weighted by Gasteiger charge is -2.50. The van der Waals surface area contributed by atoms with Crippen LogP contribution in [0.15, 0.2) is 72.8 Å². The number of anilines is 1. The predicted molar refractivity (Wildman–Crippen MR) is 111 cm³/mol. The molecule has 0 unspecified atom stereocenters. The number of hydrogen-bond donors (Lipinski definition) is 1. The molecule has 0 radical (unpaired) electrons. The van der Waals surface area contributed by atoms with Gasteiger partial charge in [0.15, 0.2) is 0 Å². The van der Waals surface area contributed by atoms with Crippen LogP contribution in [0.2, 0.25) is 0 Å². The highest BCUT2D eigenvalue weighted by molar-refractivity contribution is 5.97. The third-order valence-electron chi connectivity index (χ3n) is 6.48. The molecule has 3 heteroatoms. The SMILES string of the molecule is COc1cccc(NC(=O)[C@@]2(C)CC3c4ccccc4C2c2ccccc23)c1. The second-order valence-electron chi connectivity index (χ2n) is 8.05. The van der Waals surface area contributed by atoms with E-state index >= 15 is 0 Å². The summed E-state index contributed by atoms with van der Waals surface area (Å²) in [6, 6.07) is 24.8. The molecule has 28 heavy (non-hydrogen) atoms. The smallest absolute Gasteiger partial charge is 0.231 e. The maximum atomic E-state index is 13.5. The topological polar surface area (TPSA) is 38.3 Å². The van der Waals surface area contributed by atoms with Crippen LogP contribution in [-0.2, 0) is 4.79 Å². The molecule has 3 aromatic rings. The molecule has 0 saturated heterocycles. The fourth-order valence-corrected chi connectivity index (χ4v) is 5.16. The lowest BCUT2D eigenvalue weighted by atomic mass is 9.52. The molecule has 0 aromatic heterocycles. The van der Waals surface area contributed by atoms with Gasteiger partial charge in [0.25, 0.3) is 0 Å². The van der Waals surface area contributed by atoms with Crippen LogP contribution in [0.5, 0.6) is 5.75 Å². The van der Waals surface area contributed by atoms with Crippen molar-refractivity contribution >= 4 is 11.6 Å². The van der Waals surface area contributed by atoms with Crippen LogP contribution in [-0.4, -0.2) is 13.0 Å². The highest BCUT2D eigenvalue weighted by Gasteiger charge is 2.53. The minimum absolute atomic E-state index is 0.0653. The van der Waals surface area contributed by atoms with Gasteiger partial charge in [-0.05, 0) is 47.7 Å². The molecular weight excluding hydrogens is 346 g/mol. The van der Waals surface area contributed by atoms with Crippen molar-refractivity contribution in [3.05, 3.63) is 95.1 Å². The van der Waals surface area contributed by atoms with E-state index in [0.717, 1.165) is 17.9 Å². The Kier molecular flexibility index (Phi) is 3.80. The molecular formula is C25H23NO2. The second kappa shape index (κ2) is 6.23. The zero-order valence-corrected chi connectivity index (χ0v) is 16.1. The Hall–Kier alpha value is -3.07. The lowest BCUT2D eigenvalue weighted by molar-refractivity contribution is -0.126. The van der Waals surface area contributed by atoms with Gasteiger partial charge in [-0.2, -0.15) is 0 Å². The number of amides is 1. The normalized spacial score (nSPS) is 24.2. The minimum atomic E-state index is -0.504. The summed E-state index contributed by atoms with van der Waals surface area (Å²) in [7, 11) is 1.64. The van der Waals surface area contributed by atoms with Crippen LogP contribution in [0.4, 0.5) is 5.69 Å². The number of benzene rings is 3. The Morgan fingerprint density at radius 1 is 0.929 bits per heavy atom. The summed E-state index contributed by atoms with van der Waals surface area (Å²) < 4.78 is 5.30. The van der Waals surface area contributed by atoms with E-state index in [1.54, 1.807) is 7.11 Å². The first kappa shape index (κ1) is 17.1. The van der Waals surface area contributed by atoms with Crippen molar-refractivity contribution in [3.63, 3.8) is 0 Å². The molecule has 3 aliphatic rings. The number of fused-ring (bicyclic) bond motifs is 1. The molecule has 0 fully saturated rings. The number of ether oxygens (including phenoxy) is 1. The molecule has 3 nitrogen and oxygen atoms in total. The van der Waals surface area contributed by atoms with Crippen LogP contribution in [0, 0.1) is 5.41 Å². The van der Waals surface area contributed by atoms with E-state index in [-0.39, 0.29) is 17.7 Å². The number of carbonyl (C=O) groups excluding carboxylic acids is 1. The Morgan fingerprint density at radius 3 is 2.14 bits per heavy atom. The van der Waals surface area contributed by atoms with E-state index in [1.165, 1.54) is 22.3 Å². The first-order chi connectivity index (χ1) is 13.6. The van der Waals surface area contributed by atoms with Crippen LogP contribution in [0.3, 0.4) is 0 Å². The summed E-state index contributed by atoms with van der Waals surface area (Å²) in [6.07, 6.45) is 0.821. The molecule has 1 amide bonds. The van der Waals surface area contributed by atoms with E-state index in [2.05, 4.69) is 60.8 Å². The summed E-state index contributed by atoms with van der Waals surface area (Å²) in [4.78, 5) is 13.5. The molecule has 2 bridgehead atoms. The molecule has 0 saturated carbocycles. The van der Waals surface area contributed by atoms with Crippen molar-refractivity contribution in [2.24, 2.45) is 5.41 Å². The monoisotopic (exact) mass is 369 g/mol. The first-order valence-corrected chi connectivity index (χ1v) is 9.75. The van der Waals surface area contributed by atoms with Crippen LogP contribution >= 0.6 is 0 Å². The standard InChI is InChI=1S/C25H23NO2/c1-25(24(27)26-16-8-7-9-17(14-16)28-2)15-22-18-10-3-5-12-20(18)23(25)21-13-6-4-11-19(21)22/h3-14,22-23H,15H2,1-2H3,(H,26,27)/t22?,23?,25-/m0/s1. The molecule has 0 heterocycles. The minimum Gasteiger partial charge on any atom is -0.497 e. The fourth-order valence-electron chi connectivity index (χ4n) is 5.16. The second-order valence-corrected chi connectivity index (χ2v) is 8.05. The van der Waals surface area contributed by atoms with Gasteiger partial charge >= 0.3 is 0 Å². The molecule has 0 spiro atoms. The van der Waals surface area contributed by atoms with E-state index in [4.69, 9.17) is 4.74 Å². The van der Waals surface area contributed by atoms with Gasteiger partial charge in [-0.1, -0.05) is 54.6 Å². The molecule has 6 rings (SSSR count). The number of nitrogens with one attached hydrogen (secondary N) is 1. The van der Waals surface area contributed by atoms with Crippen LogP contribution in [0.1, 0.15) is 47.4 Å². The van der Waals surface area contributed by atoms with Crippen molar-refractivity contribution in [1.82, 2.24) is 0 Å². The average Bonchev–Trinajstić information content (AvgIpc) is 2.74. The third-order valence-corrected chi connectivity index (χ3v) is 6.48.